The molecule has 0 radical (unpaired) electrons. The van der Waals surface area contributed by atoms with Gasteiger partial charge in [0.05, 0.1) is 31.2 Å². The summed E-state index contributed by atoms with van der Waals surface area (Å²) >= 11 is 1.36. The first-order chi connectivity index (χ1) is 13.1. The monoisotopic (exact) mass is 386 g/mol. The third-order valence-electron chi connectivity index (χ3n) is 3.58. The summed E-state index contributed by atoms with van der Waals surface area (Å²) in [5.74, 6) is 0.952. The molecule has 27 heavy (non-hydrogen) atoms. The number of benzene rings is 2. The number of anilines is 1. The molecule has 0 bridgehead atoms. The van der Waals surface area contributed by atoms with Crippen LogP contribution in [0.2, 0.25) is 0 Å². The Labute approximate surface area is 162 Å². The molecule has 0 spiro atoms. The molecule has 0 aliphatic rings. The number of carbonyl (C=O) groups excluding carboxylic acids is 2. The third kappa shape index (κ3) is 5.79. The highest BCUT2D eigenvalue weighted by Crippen LogP contribution is 2.31. The molecule has 142 valence electrons. The molecule has 0 unspecified atom stereocenters. The molecule has 0 atom stereocenters. The molecular formula is C20H22N2O4S. The summed E-state index contributed by atoms with van der Waals surface area (Å²) in [6.45, 7) is 3.93. The van der Waals surface area contributed by atoms with Gasteiger partial charge in [0.2, 0.25) is 5.91 Å². The van der Waals surface area contributed by atoms with Gasteiger partial charge in [0.25, 0.3) is 5.91 Å². The normalized spacial score (nSPS) is 10.0. The quantitative estimate of drug-likeness (QED) is 0.511. The van der Waals surface area contributed by atoms with E-state index in [2.05, 4.69) is 17.2 Å². The molecule has 0 aliphatic heterocycles. The Kier molecular flexibility index (Phi) is 7.76. The van der Waals surface area contributed by atoms with Crippen molar-refractivity contribution in [2.45, 2.75) is 4.90 Å². The molecule has 0 saturated carbocycles. The van der Waals surface area contributed by atoms with Crippen LogP contribution in [0.4, 0.5) is 5.69 Å². The van der Waals surface area contributed by atoms with E-state index in [4.69, 9.17) is 9.47 Å². The van der Waals surface area contributed by atoms with Crippen LogP contribution >= 0.6 is 11.8 Å². The van der Waals surface area contributed by atoms with Crippen molar-refractivity contribution >= 4 is 29.3 Å². The van der Waals surface area contributed by atoms with Crippen LogP contribution in [0.3, 0.4) is 0 Å². The second-order valence-corrected chi connectivity index (χ2v) is 6.45. The Balaban J connectivity index is 2.00. The molecule has 2 rings (SSSR count). The summed E-state index contributed by atoms with van der Waals surface area (Å²) in [5.41, 5.74) is 0.876. The summed E-state index contributed by atoms with van der Waals surface area (Å²) < 4.78 is 10.5. The molecule has 0 aliphatic carbocycles. The van der Waals surface area contributed by atoms with Crippen LogP contribution in [-0.2, 0) is 4.79 Å². The van der Waals surface area contributed by atoms with E-state index in [0.717, 1.165) is 4.90 Å². The lowest BCUT2D eigenvalue weighted by molar-refractivity contribution is -0.113. The van der Waals surface area contributed by atoms with Crippen LogP contribution in [0.1, 0.15) is 10.4 Å². The molecule has 7 heteroatoms. The van der Waals surface area contributed by atoms with Crippen LogP contribution in [0.5, 0.6) is 11.5 Å². The van der Waals surface area contributed by atoms with Crippen LogP contribution in [0, 0.1) is 0 Å². The fraction of sp³-hybridized carbons (Fsp3) is 0.200. The number of rotatable bonds is 9. The largest absolute Gasteiger partial charge is 0.493 e. The number of thioether (sulfide) groups is 1. The maximum atomic E-state index is 12.3. The Bertz CT molecular complexity index is 823. The van der Waals surface area contributed by atoms with Gasteiger partial charge < -0.3 is 20.1 Å². The zero-order valence-corrected chi connectivity index (χ0v) is 16.1. The molecule has 0 saturated heterocycles. The SMILES string of the molecule is C=CCNC(=O)c1ccccc1NC(=O)CSc1ccc(OC)c(OC)c1. The van der Waals surface area contributed by atoms with Gasteiger partial charge in [-0.1, -0.05) is 18.2 Å². The summed E-state index contributed by atoms with van der Waals surface area (Å²) in [4.78, 5) is 25.4. The van der Waals surface area contributed by atoms with E-state index in [1.807, 2.05) is 12.1 Å². The van der Waals surface area contributed by atoms with E-state index in [9.17, 15) is 9.59 Å². The molecule has 2 aromatic carbocycles. The van der Waals surface area contributed by atoms with Crippen molar-refractivity contribution in [1.82, 2.24) is 5.32 Å². The van der Waals surface area contributed by atoms with Crippen molar-refractivity contribution in [1.29, 1.82) is 0 Å². The first-order valence-corrected chi connectivity index (χ1v) is 9.20. The Morgan fingerprint density at radius 3 is 2.56 bits per heavy atom. The van der Waals surface area contributed by atoms with Gasteiger partial charge in [-0.05, 0) is 30.3 Å². The van der Waals surface area contributed by atoms with Gasteiger partial charge in [-0.2, -0.15) is 0 Å². The number of methoxy groups -OCH3 is 2. The summed E-state index contributed by atoms with van der Waals surface area (Å²) in [5, 5.41) is 5.49. The molecule has 0 aromatic heterocycles. The number of nitrogens with one attached hydrogen (secondary N) is 2. The number of ether oxygens (including phenoxy) is 2. The molecule has 2 aromatic rings. The molecule has 2 amide bonds. The summed E-state index contributed by atoms with van der Waals surface area (Å²) in [7, 11) is 3.13. The van der Waals surface area contributed by atoms with Gasteiger partial charge in [0, 0.05) is 11.4 Å². The van der Waals surface area contributed by atoms with Crippen molar-refractivity contribution in [2.24, 2.45) is 0 Å². The van der Waals surface area contributed by atoms with Gasteiger partial charge >= 0.3 is 0 Å². The van der Waals surface area contributed by atoms with Gasteiger partial charge in [-0.3, -0.25) is 9.59 Å². The van der Waals surface area contributed by atoms with Crippen molar-refractivity contribution in [3.63, 3.8) is 0 Å². The lowest BCUT2D eigenvalue weighted by atomic mass is 10.1. The van der Waals surface area contributed by atoms with Gasteiger partial charge in [-0.15, -0.1) is 18.3 Å². The predicted molar refractivity (Wildman–Crippen MR) is 108 cm³/mol. The smallest absolute Gasteiger partial charge is 0.253 e. The minimum atomic E-state index is -0.265. The first kappa shape index (κ1) is 20.4. The third-order valence-corrected chi connectivity index (χ3v) is 4.57. The zero-order valence-electron chi connectivity index (χ0n) is 15.3. The number of amides is 2. The van der Waals surface area contributed by atoms with E-state index >= 15 is 0 Å². The summed E-state index contributed by atoms with van der Waals surface area (Å²) in [6.07, 6.45) is 1.60. The second-order valence-electron chi connectivity index (χ2n) is 5.40. The van der Waals surface area contributed by atoms with E-state index in [1.165, 1.54) is 11.8 Å². The molecule has 0 heterocycles. The molecule has 2 N–H and O–H groups in total. The van der Waals surface area contributed by atoms with E-state index in [1.54, 1.807) is 50.6 Å². The fourth-order valence-electron chi connectivity index (χ4n) is 2.29. The van der Waals surface area contributed by atoms with Gasteiger partial charge in [0.1, 0.15) is 0 Å². The maximum Gasteiger partial charge on any atom is 0.253 e. The lowest BCUT2D eigenvalue weighted by Gasteiger charge is -2.11. The van der Waals surface area contributed by atoms with E-state index in [-0.39, 0.29) is 17.6 Å². The van der Waals surface area contributed by atoms with Crippen LogP contribution < -0.4 is 20.1 Å². The van der Waals surface area contributed by atoms with Crippen LogP contribution in [-0.4, -0.2) is 38.3 Å². The first-order valence-electron chi connectivity index (χ1n) is 8.21. The number of para-hydroxylation sites is 1. The Morgan fingerprint density at radius 2 is 1.85 bits per heavy atom. The average molecular weight is 386 g/mol. The minimum Gasteiger partial charge on any atom is -0.493 e. The highest BCUT2D eigenvalue weighted by Gasteiger charge is 2.13. The second kappa shape index (κ2) is 10.3. The molecule has 0 fully saturated rings. The Hall–Kier alpha value is -2.93. The minimum absolute atomic E-state index is 0.193. The van der Waals surface area contributed by atoms with Gasteiger partial charge in [-0.25, -0.2) is 0 Å². The topological polar surface area (TPSA) is 76.7 Å². The highest BCUT2D eigenvalue weighted by atomic mass is 32.2. The predicted octanol–water partition coefficient (Wildman–Crippen LogP) is 3.35. The molecule has 6 nitrogen and oxygen atoms in total. The average Bonchev–Trinajstić information content (AvgIpc) is 2.70. The van der Waals surface area contributed by atoms with Crippen LogP contribution in [0.25, 0.3) is 0 Å². The van der Waals surface area contributed by atoms with Crippen molar-refractivity contribution in [3.05, 3.63) is 60.7 Å². The molecular weight excluding hydrogens is 364 g/mol. The highest BCUT2D eigenvalue weighted by molar-refractivity contribution is 8.00. The lowest BCUT2D eigenvalue weighted by Crippen LogP contribution is -2.25. The Morgan fingerprint density at radius 1 is 1.11 bits per heavy atom. The van der Waals surface area contributed by atoms with Crippen molar-refractivity contribution in [2.75, 3.05) is 31.8 Å². The summed E-state index contributed by atoms with van der Waals surface area (Å²) in [6, 6.07) is 12.3. The standard InChI is InChI=1S/C20H22N2O4S/c1-4-11-21-20(24)15-7-5-6-8-16(15)22-19(23)13-27-14-9-10-17(25-2)18(12-14)26-3/h4-10,12H,1,11,13H2,2-3H3,(H,21,24)(H,22,23). The number of hydrogen-bond donors (Lipinski definition) is 2. The van der Waals surface area contributed by atoms with E-state index < -0.39 is 0 Å². The van der Waals surface area contributed by atoms with Crippen LogP contribution in [0.15, 0.2) is 60.0 Å². The van der Waals surface area contributed by atoms with Crippen molar-refractivity contribution in [3.8, 4) is 11.5 Å². The number of carbonyl (C=O) groups is 2. The zero-order chi connectivity index (χ0) is 19.6. The number of hydrogen-bond acceptors (Lipinski definition) is 5. The van der Waals surface area contributed by atoms with Gasteiger partial charge in [0.15, 0.2) is 11.5 Å². The van der Waals surface area contributed by atoms with Crippen molar-refractivity contribution < 1.29 is 19.1 Å². The van der Waals surface area contributed by atoms with E-state index in [0.29, 0.717) is 29.3 Å². The fourth-order valence-corrected chi connectivity index (χ4v) is 3.02. The maximum absolute atomic E-state index is 12.3.